The number of hydrogen-bond acceptors (Lipinski definition) is 0. The van der Waals surface area contributed by atoms with E-state index in [1.54, 1.807) is 5.56 Å². The van der Waals surface area contributed by atoms with Crippen molar-refractivity contribution in [2.45, 2.75) is 58.3 Å². The molecule has 106 valence electrons. The summed E-state index contributed by atoms with van der Waals surface area (Å²) in [4.78, 5) is 0. The van der Waals surface area contributed by atoms with Gasteiger partial charge in [0.25, 0.3) is 0 Å². The van der Waals surface area contributed by atoms with Crippen molar-refractivity contribution in [2.75, 3.05) is 0 Å². The normalized spacial score (nSPS) is 38.6. The lowest BCUT2D eigenvalue weighted by Gasteiger charge is -2.27. The fraction of sp³-hybridized carbons (Fsp3) is 0.600. The smallest absolute Gasteiger partial charge is 0.00240 e. The SMILES string of the molecule is CCC1C2=C(CCCC2)C2(CC)C(c3ccccc3)C12. The Balaban J connectivity index is 1.79. The van der Waals surface area contributed by atoms with Crippen LogP contribution >= 0.6 is 0 Å². The van der Waals surface area contributed by atoms with Gasteiger partial charge in [-0.3, -0.25) is 0 Å². The fourth-order valence-corrected chi connectivity index (χ4v) is 5.87. The van der Waals surface area contributed by atoms with Crippen LogP contribution in [0, 0.1) is 17.3 Å². The molecule has 0 aromatic heterocycles. The first kappa shape index (κ1) is 12.7. The third-order valence-corrected chi connectivity index (χ3v) is 6.54. The molecule has 3 aliphatic rings. The average Bonchev–Trinajstić information content (AvgIpc) is 3.11. The quantitative estimate of drug-likeness (QED) is 0.615. The first-order chi connectivity index (χ1) is 9.84. The predicted octanol–water partition coefficient (Wildman–Crippen LogP) is 5.71. The van der Waals surface area contributed by atoms with Crippen LogP contribution in [0.3, 0.4) is 0 Å². The molecule has 0 nitrogen and oxygen atoms in total. The Morgan fingerprint density at radius 3 is 2.50 bits per heavy atom. The van der Waals surface area contributed by atoms with Gasteiger partial charge in [-0.05, 0) is 61.8 Å². The van der Waals surface area contributed by atoms with Crippen molar-refractivity contribution in [3.63, 3.8) is 0 Å². The Labute approximate surface area is 123 Å². The predicted molar refractivity (Wildman–Crippen MR) is 84.7 cm³/mol. The highest BCUT2D eigenvalue weighted by Crippen LogP contribution is 2.80. The van der Waals surface area contributed by atoms with Crippen LogP contribution in [0.2, 0.25) is 0 Å². The summed E-state index contributed by atoms with van der Waals surface area (Å²) in [6.07, 6.45) is 8.40. The van der Waals surface area contributed by atoms with Crippen molar-refractivity contribution >= 4 is 0 Å². The van der Waals surface area contributed by atoms with Gasteiger partial charge in [-0.2, -0.15) is 0 Å². The molecule has 4 rings (SSSR count). The number of benzene rings is 1. The molecule has 3 aliphatic carbocycles. The van der Waals surface area contributed by atoms with Crippen molar-refractivity contribution in [3.05, 3.63) is 47.0 Å². The molecule has 0 heteroatoms. The lowest BCUT2D eigenvalue weighted by Crippen LogP contribution is -2.12. The van der Waals surface area contributed by atoms with Gasteiger partial charge in [0.1, 0.15) is 0 Å². The third kappa shape index (κ3) is 1.43. The fourth-order valence-electron chi connectivity index (χ4n) is 5.87. The maximum Gasteiger partial charge on any atom is 0.00240 e. The van der Waals surface area contributed by atoms with Crippen LogP contribution in [0.1, 0.15) is 63.9 Å². The van der Waals surface area contributed by atoms with E-state index in [1.165, 1.54) is 38.5 Å². The van der Waals surface area contributed by atoms with Crippen molar-refractivity contribution in [1.82, 2.24) is 0 Å². The highest BCUT2D eigenvalue weighted by molar-refractivity contribution is 5.51. The van der Waals surface area contributed by atoms with Gasteiger partial charge in [0.2, 0.25) is 0 Å². The lowest BCUT2D eigenvalue weighted by molar-refractivity contribution is 0.461. The van der Waals surface area contributed by atoms with Gasteiger partial charge in [0, 0.05) is 5.41 Å². The second-order valence-corrected chi connectivity index (χ2v) is 7.03. The van der Waals surface area contributed by atoms with E-state index >= 15 is 0 Å². The summed E-state index contributed by atoms with van der Waals surface area (Å²) in [6.45, 7) is 4.85. The van der Waals surface area contributed by atoms with Gasteiger partial charge in [-0.15, -0.1) is 0 Å². The number of allylic oxidation sites excluding steroid dienone is 2. The maximum atomic E-state index is 2.44. The molecule has 0 saturated heterocycles. The minimum Gasteiger partial charge on any atom is -0.0670 e. The zero-order chi connectivity index (χ0) is 13.7. The van der Waals surface area contributed by atoms with E-state index in [0.717, 1.165) is 17.8 Å². The Morgan fingerprint density at radius 2 is 1.80 bits per heavy atom. The first-order valence-electron chi connectivity index (χ1n) is 8.62. The molecule has 20 heavy (non-hydrogen) atoms. The number of hydrogen-bond donors (Lipinski definition) is 0. The average molecular weight is 266 g/mol. The van der Waals surface area contributed by atoms with E-state index in [-0.39, 0.29) is 0 Å². The molecule has 1 aromatic rings. The zero-order valence-corrected chi connectivity index (χ0v) is 12.9. The molecule has 0 bridgehead atoms. The van der Waals surface area contributed by atoms with E-state index in [4.69, 9.17) is 0 Å². The van der Waals surface area contributed by atoms with E-state index in [9.17, 15) is 0 Å². The van der Waals surface area contributed by atoms with E-state index in [1.807, 2.05) is 11.1 Å². The number of fused-ring (bicyclic) bond motifs is 2. The summed E-state index contributed by atoms with van der Waals surface area (Å²) in [5, 5.41) is 0. The summed E-state index contributed by atoms with van der Waals surface area (Å²) in [5.74, 6) is 2.66. The maximum absolute atomic E-state index is 2.44. The van der Waals surface area contributed by atoms with Crippen LogP contribution in [-0.2, 0) is 0 Å². The molecular formula is C20H26. The molecule has 0 radical (unpaired) electrons. The Morgan fingerprint density at radius 1 is 1.05 bits per heavy atom. The molecule has 1 saturated carbocycles. The molecule has 1 aromatic carbocycles. The van der Waals surface area contributed by atoms with Crippen molar-refractivity contribution in [1.29, 1.82) is 0 Å². The summed E-state index contributed by atoms with van der Waals surface area (Å²) in [7, 11) is 0. The first-order valence-corrected chi connectivity index (χ1v) is 8.62. The Hall–Kier alpha value is -1.04. The largest absolute Gasteiger partial charge is 0.0670 e. The van der Waals surface area contributed by atoms with Gasteiger partial charge < -0.3 is 0 Å². The van der Waals surface area contributed by atoms with Crippen molar-refractivity contribution < 1.29 is 0 Å². The molecule has 4 unspecified atom stereocenters. The van der Waals surface area contributed by atoms with Crippen LogP contribution in [-0.4, -0.2) is 0 Å². The minimum absolute atomic E-state index is 0.567. The molecular weight excluding hydrogens is 240 g/mol. The summed E-state index contributed by atoms with van der Waals surface area (Å²) >= 11 is 0. The topological polar surface area (TPSA) is 0 Å². The second-order valence-electron chi connectivity index (χ2n) is 7.03. The Kier molecular flexibility index (Phi) is 2.84. The highest BCUT2D eigenvalue weighted by atomic mass is 14.7. The minimum atomic E-state index is 0.567. The summed E-state index contributed by atoms with van der Waals surface area (Å²) < 4.78 is 0. The molecule has 0 N–H and O–H groups in total. The summed E-state index contributed by atoms with van der Waals surface area (Å²) in [5.41, 5.74) is 5.99. The van der Waals surface area contributed by atoms with Gasteiger partial charge in [0.15, 0.2) is 0 Å². The molecule has 0 amide bonds. The monoisotopic (exact) mass is 266 g/mol. The van der Waals surface area contributed by atoms with Gasteiger partial charge in [-0.1, -0.05) is 55.3 Å². The van der Waals surface area contributed by atoms with E-state index < -0.39 is 0 Å². The van der Waals surface area contributed by atoms with E-state index in [0.29, 0.717) is 5.41 Å². The van der Waals surface area contributed by atoms with Crippen LogP contribution in [0.25, 0.3) is 0 Å². The molecule has 0 heterocycles. The van der Waals surface area contributed by atoms with E-state index in [2.05, 4.69) is 44.2 Å². The van der Waals surface area contributed by atoms with Gasteiger partial charge in [0.05, 0.1) is 0 Å². The standard InChI is InChI=1S/C20H26/c1-3-15-16-12-8-9-13-17(16)20(4-2)18(19(15)20)14-10-6-5-7-11-14/h5-7,10-11,15,18-19H,3-4,8-9,12-13H2,1-2H3. The van der Waals surface area contributed by atoms with Gasteiger partial charge >= 0.3 is 0 Å². The summed E-state index contributed by atoms with van der Waals surface area (Å²) in [6, 6.07) is 11.4. The second kappa shape index (κ2) is 4.48. The molecule has 4 atom stereocenters. The molecule has 1 fully saturated rings. The van der Waals surface area contributed by atoms with Crippen molar-refractivity contribution in [3.8, 4) is 0 Å². The van der Waals surface area contributed by atoms with Crippen LogP contribution in [0.5, 0.6) is 0 Å². The van der Waals surface area contributed by atoms with Crippen LogP contribution in [0.15, 0.2) is 41.5 Å². The highest BCUT2D eigenvalue weighted by Gasteiger charge is 2.71. The third-order valence-electron chi connectivity index (χ3n) is 6.54. The Bertz CT molecular complexity index is 538. The van der Waals surface area contributed by atoms with Crippen molar-refractivity contribution in [2.24, 2.45) is 17.3 Å². The number of rotatable bonds is 3. The van der Waals surface area contributed by atoms with Crippen LogP contribution in [0.4, 0.5) is 0 Å². The molecule has 0 spiro atoms. The van der Waals surface area contributed by atoms with Gasteiger partial charge in [-0.25, -0.2) is 0 Å². The lowest BCUT2D eigenvalue weighted by atomic mass is 9.78. The molecule has 0 aliphatic heterocycles. The van der Waals surface area contributed by atoms with Crippen LogP contribution < -0.4 is 0 Å². The zero-order valence-electron chi connectivity index (χ0n) is 12.9.